The largest absolute Gasteiger partial charge is 0.504 e. The van der Waals surface area contributed by atoms with Gasteiger partial charge in [-0.1, -0.05) is 37.6 Å². The second-order valence-electron chi connectivity index (χ2n) is 24.9. The first kappa shape index (κ1) is 48.3. The van der Waals surface area contributed by atoms with Crippen molar-refractivity contribution >= 4 is 17.3 Å². The van der Waals surface area contributed by atoms with E-state index in [9.17, 15) is 45.0 Å². The molecule has 3 aromatic rings. The lowest BCUT2D eigenvalue weighted by molar-refractivity contribution is -0.190. The number of carbonyl (C=O) groups is 3. The van der Waals surface area contributed by atoms with Crippen LogP contribution in [0.3, 0.4) is 0 Å². The molecule has 13 aliphatic rings. The van der Waals surface area contributed by atoms with Gasteiger partial charge in [0.15, 0.2) is 70.2 Å². The van der Waals surface area contributed by atoms with E-state index in [0.29, 0.717) is 75.2 Å². The molecule has 15 nitrogen and oxygen atoms in total. The van der Waals surface area contributed by atoms with Crippen molar-refractivity contribution in [1.29, 1.82) is 0 Å². The number of nitrogens with zero attached hydrogens (tertiary/aromatic N) is 2. The summed E-state index contributed by atoms with van der Waals surface area (Å²) in [6.07, 6.45) is 12.9. The van der Waals surface area contributed by atoms with E-state index < -0.39 is 51.4 Å². The molecule has 0 radical (unpaired) electrons. The van der Waals surface area contributed by atoms with Crippen LogP contribution in [-0.4, -0.2) is 144 Å². The molecule has 4 bridgehead atoms. The smallest absolute Gasteiger partial charge is 0.174 e. The zero-order valence-corrected chi connectivity index (χ0v) is 43.0. The first-order valence-electron chi connectivity index (χ1n) is 28.2. The van der Waals surface area contributed by atoms with Crippen molar-refractivity contribution in [3.05, 3.63) is 82.4 Å². The molecule has 15 heteroatoms. The zero-order chi connectivity index (χ0) is 51.8. The highest BCUT2D eigenvalue weighted by Crippen LogP contribution is 2.67. The Morgan fingerprint density at radius 2 is 1.04 bits per heavy atom. The van der Waals surface area contributed by atoms with Crippen LogP contribution < -0.4 is 19.5 Å². The van der Waals surface area contributed by atoms with Gasteiger partial charge in [0.05, 0.1) is 33.0 Å². The Kier molecular flexibility index (Phi) is 10.6. The van der Waals surface area contributed by atoms with Gasteiger partial charge < -0.3 is 50.2 Å². The van der Waals surface area contributed by atoms with Gasteiger partial charge in [-0.15, -0.1) is 6.58 Å². The van der Waals surface area contributed by atoms with E-state index in [1.165, 1.54) is 32.1 Å². The van der Waals surface area contributed by atoms with Gasteiger partial charge in [0.2, 0.25) is 0 Å². The predicted octanol–water partition coefficient (Wildman–Crippen LogP) is 5.04. The third kappa shape index (κ3) is 6.11. The highest BCUT2D eigenvalue weighted by Gasteiger charge is 2.75. The molecule has 2 saturated heterocycles. The number of aliphatic hydroxyl groups is 3. The molecular weight excluding hydrogens is 955 g/mol. The molecule has 0 unspecified atom stereocenters. The SMILES string of the molecule is C=CCN[C@@H]1Cc2ccc(O)c3c2[C@@]2(CC)[C@@H](O3)C(=O)CC[C@@]12O.O=C1CC[C@@]2(O)[C@H]3Cc4ccc(O)c5c4[C@@]2(CCN3CC2CC2)[C@H]1O5.O=C1CC[C@@]2(O)[C@H]3Cc4ccc(O)c5c4[C@@]2(CCN3CC2CCC2)[C@H]1O5. The Hall–Kier alpha value is -5.03. The van der Waals surface area contributed by atoms with Gasteiger partial charge >= 0.3 is 0 Å². The number of nitrogens with one attached hydrogen (secondary N) is 1. The fourth-order valence-electron chi connectivity index (χ4n) is 18.1. The van der Waals surface area contributed by atoms with E-state index in [4.69, 9.17) is 14.2 Å². The molecule has 8 aliphatic carbocycles. The molecule has 3 aromatic carbocycles. The molecular formula is C60H71N3O12. The fraction of sp³-hybridized carbons (Fsp3) is 0.617. The highest BCUT2D eigenvalue weighted by molar-refractivity contribution is 5.92. The average Bonchev–Trinajstić information content (AvgIpc) is 3.85. The second kappa shape index (κ2) is 16.5. The summed E-state index contributed by atoms with van der Waals surface area (Å²) in [4.78, 5) is 43.0. The molecule has 7 N–H and O–H groups in total. The third-order valence-electron chi connectivity index (χ3n) is 21.9. The standard InChI is InChI=1S/C21H25NO4.C20H23NO4.C19H23NO4/c23-14-5-4-13-10-16-21(25)7-6-15(24)19-20(21,17(13)18(14)26-19)8-9-22(16)11-12-2-1-3-12;22-13-4-3-12-9-15-20(24)6-5-14(23)18-19(20,16(12)17(13)25-18)7-8-21(15)10-11-1-2-11;1-3-9-20-14-10-11-5-6-12(21)16-15(11)18(4-2)17(24-16)13(22)7-8-19(14,18)23/h4-5,12,16,19,23,25H,1-3,6-11H2;3-4,11,15,18,22,24H,1-2,5-10H2;3,5-6,14,17,20-21,23H,1,4,7-10H2,2H3/t16-,19+,20+,21-;15-,18+,19+,20-;14-,17+,18+,19-/m111/s1. The number of aromatic hydroxyl groups is 3. The summed E-state index contributed by atoms with van der Waals surface area (Å²) in [6.45, 7) is 10.2. The van der Waals surface area contributed by atoms with Crippen LogP contribution in [0.25, 0.3) is 0 Å². The highest BCUT2D eigenvalue weighted by atomic mass is 16.5. The molecule has 7 fully saturated rings. The molecule has 12 atom stereocenters. The molecule has 5 saturated carbocycles. The van der Waals surface area contributed by atoms with Gasteiger partial charge in [-0.25, -0.2) is 0 Å². The van der Waals surface area contributed by atoms with E-state index in [0.717, 1.165) is 97.1 Å². The Morgan fingerprint density at radius 3 is 1.49 bits per heavy atom. The van der Waals surface area contributed by atoms with Gasteiger partial charge in [0.25, 0.3) is 0 Å². The molecule has 5 aliphatic heterocycles. The number of phenols is 3. The normalized spacial score (nSPS) is 39.5. The van der Waals surface area contributed by atoms with E-state index in [1.807, 2.05) is 25.1 Å². The lowest BCUT2D eigenvalue weighted by Gasteiger charge is -2.63. The van der Waals surface area contributed by atoms with E-state index in [2.05, 4.69) is 21.7 Å². The minimum Gasteiger partial charge on any atom is -0.504 e. The average molecular weight is 1030 g/mol. The maximum Gasteiger partial charge on any atom is 0.174 e. The predicted molar refractivity (Wildman–Crippen MR) is 274 cm³/mol. The Morgan fingerprint density at radius 1 is 0.600 bits per heavy atom. The minimum absolute atomic E-state index is 0.00689. The number of ketones is 3. The van der Waals surface area contributed by atoms with Crippen molar-refractivity contribution in [3.63, 3.8) is 0 Å². The fourth-order valence-corrected chi connectivity index (χ4v) is 18.1. The third-order valence-corrected chi connectivity index (χ3v) is 21.9. The van der Waals surface area contributed by atoms with Crippen molar-refractivity contribution in [2.45, 2.75) is 186 Å². The van der Waals surface area contributed by atoms with Crippen LogP contribution in [0.15, 0.2) is 49.1 Å². The summed E-state index contributed by atoms with van der Waals surface area (Å²) in [5, 5.41) is 70.1. The molecule has 5 heterocycles. The van der Waals surface area contributed by atoms with Gasteiger partial charge in [-0.2, -0.15) is 0 Å². The number of carbonyl (C=O) groups excluding carboxylic acids is 3. The van der Waals surface area contributed by atoms with Crippen molar-refractivity contribution in [3.8, 4) is 34.5 Å². The van der Waals surface area contributed by atoms with Crippen molar-refractivity contribution in [1.82, 2.24) is 15.1 Å². The van der Waals surface area contributed by atoms with Crippen LogP contribution in [0, 0.1) is 11.8 Å². The second-order valence-corrected chi connectivity index (χ2v) is 24.9. The monoisotopic (exact) mass is 1030 g/mol. The van der Waals surface area contributed by atoms with Gasteiger partial charge in [0.1, 0.15) is 0 Å². The number of ether oxygens (including phenoxy) is 3. The molecule has 0 amide bonds. The first-order chi connectivity index (χ1) is 36.1. The topological polar surface area (TPSA) is 219 Å². The van der Waals surface area contributed by atoms with Gasteiger partial charge in [-0.3, -0.25) is 24.2 Å². The van der Waals surface area contributed by atoms with Crippen LogP contribution in [0.1, 0.15) is 130 Å². The van der Waals surface area contributed by atoms with Crippen molar-refractivity contribution in [2.24, 2.45) is 11.8 Å². The van der Waals surface area contributed by atoms with Crippen molar-refractivity contribution < 1.29 is 59.2 Å². The lowest BCUT2D eigenvalue weighted by Crippen LogP contribution is -2.76. The number of rotatable bonds is 8. The minimum atomic E-state index is -1.09. The summed E-state index contributed by atoms with van der Waals surface area (Å²) >= 11 is 0. The Bertz CT molecular complexity index is 2970. The van der Waals surface area contributed by atoms with Crippen LogP contribution >= 0.6 is 0 Å². The molecule has 2 spiro atoms. The van der Waals surface area contributed by atoms with E-state index >= 15 is 0 Å². The van der Waals surface area contributed by atoms with Crippen molar-refractivity contribution in [2.75, 3.05) is 32.7 Å². The van der Waals surface area contributed by atoms with Crippen LogP contribution in [0.4, 0.5) is 0 Å². The van der Waals surface area contributed by atoms with Crippen LogP contribution in [0.5, 0.6) is 34.5 Å². The number of phenolic OH excluding ortho intramolecular Hbond substituents is 3. The number of hydrogen-bond acceptors (Lipinski definition) is 15. The molecule has 398 valence electrons. The number of likely N-dealkylation sites (tertiary alicyclic amines) is 2. The van der Waals surface area contributed by atoms with E-state index in [-0.39, 0.29) is 52.7 Å². The molecule has 75 heavy (non-hydrogen) atoms. The molecule has 0 aromatic heterocycles. The lowest BCUT2D eigenvalue weighted by atomic mass is 9.49. The molecule has 16 rings (SSSR count). The van der Waals surface area contributed by atoms with Crippen LogP contribution in [0.2, 0.25) is 0 Å². The Labute approximate surface area is 437 Å². The van der Waals surface area contributed by atoms with Gasteiger partial charge in [-0.05, 0) is 143 Å². The maximum atomic E-state index is 12.8. The van der Waals surface area contributed by atoms with Gasteiger partial charge in [0, 0.05) is 73.7 Å². The Balaban J connectivity index is 0.000000103. The summed E-state index contributed by atoms with van der Waals surface area (Å²) in [5.74, 6) is 3.20. The quantitative estimate of drug-likeness (QED) is 0.147. The number of benzene rings is 3. The first-order valence-corrected chi connectivity index (χ1v) is 28.2. The number of piperidine rings is 2. The number of Topliss-reactive ketones (excluding diaryl/α,β-unsaturated/α-hetero) is 3. The summed E-state index contributed by atoms with van der Waals surface area (Å²) in [7, 11) is 0. The van der Waals surface area contributed by atoms with Crippen LogP contribution in [-0.2, 0) is 49.9 Å². The van der Waals surface area contributed by atoms with E-state index in [1.54, 1.807) is 24.3 Å². The zero-order valence-electron chi connectivity index (χ0n) is 43.0. The summed E-state index contributed by atoms with van der Waals surface area (Å²) in [5.41, 5.74) is 0.883. The summed E-state index contributed by atoms with van der Waals surface area (Å²) in [6, 6.07) is 10.7. The maximum absolute atomic E-state index is 12.8. The summed E-state index contributed by atoms with van der Waals surface area (Å²) < 4.78 is 18.0. The number of hydrogen-bond donors (Lipinski definition) is 7.